The number of anilines is 1. The van der Waals surface area contributed by atoms with Crippen LogP contribution in [0.3, 0.4) is 0 Å². The molecular formula is C43H77N3S2. The standard InChI is InChI=1S/C43H77N3S2/c1-3-4-5-6-7-8-9-10-11-12-13-14-15-16-17-18-19-20-21-22-23-24-25-26-27-28-29-30-31-32-33-37-42-44-45-43(39-47)46(42)40-35-34-36-41(38-40)48-2/h34-36,38-39,43,45H,3-33,37H2,1-2H3. The van der Waals surface area contributed by atoms with Gasteiger partial charge < -0.3 is 4.90 Å². The second kappa shape index (κ2) is 31.9. The van der Waals surface area contributed by atoms with Gasteiger partial charge in [0.2, 0.25) is 0 Å². The molecule has 1 aliphatic heterocycles. The molecule has 1 N–H and O–H groups in total. The highest BCUT2D eigenvalue weighted by atomic mass is 32.2. The molecule has 1 atom stereocenters. The lowest BCUT2D eigenvalue weighted by Crippen LogP contribution is -2.41. The molecule has 0 aromatic heterocycles. The fourth-order valence-electron chi connectivity index (χ4n) is 7.23. The van der Waals surface area contributed by atoms with E-state index in [1.807, 2.05) is 0 Å². The van der Waals surface area contributed by atoms with Crippen molar-refractivity contribution >= 4 is 40.9 Å². The Hall–Kier alpha value is -1.07. The average Bonchev–Trinajstić information content (AvgIpc) is 3.53. The third kappa shape index (κ3) is 21.9. The summed E-state index contributed by atoms with van der Waals surface area (Å²) in [6.45, 7) is 2.31. The van der Waals surface area contributed by atoms with Gasteiger partial charge in [-0.1, -0.05) is 218 Å². The summed E-state index contributed by atoms with van der Waals surface area (Å²) in [5.41, 5.74) is 4.39. The summed E-state index contributed by atoms with van der Waals surface area (Å²) in [5, 5.41) is 6.41. The van der Waals surface area contributed by atoms with Crippen LogP contribution in [0.4, 0.5) is 5.69 Å². The SMILES string of the molecule is CCCCCCCCCCCCCCCCCCCCCCCCCCCCCCCCCC1=NNC(C=S)N1c1cccc(SC)c1. The van der Waals surface area contributed by atoms with Crippen LogP contribution in [0.15, 0.2) is 34.3 Å². The van der Waals surface area contributed by atoms with Gasteiger partial charge in [0.05, 0.1) is 0 Å². The molecule has 1 aliphatic rings. The second-order valence-electron chi connectivity index (χ2n) is 14.7. The van der Waals surface area contributed by atoms with Crippen LogP contribution in [0.25, 0.3) is 0 Å². The molecule has 1 heterocycles. The first-order valence-electron chi connectivity index (χ1n) is 21.0. The Balaban J connectivity index is 1.26. The predicted molar refractivity (Wildman–Crippen MR) is 222 cm³/mol. The van der Waals surface area contributed by atoms with E-state index < -0.39 is 0 Å². The van der Waals surface area contributed by atoms with Crippen molar-refractivity contribution in [2.75, 3.05) is 11.2 Å². The number of unbranched alkanes of at least 4 members (excludes halogenated alkanes) is 30. The van der Waals surface area contributed by atoms with Gasteiger partial charge >= 0.3 is 0 Å². The van der Waals surface area contributed by atoms with E-state index in [4.69, 9.17) is 12.2 Å². The van der Waals surface area contributed by atoms with Crippen molar-refractivity contribution in [3.63, 3.8) is 0 Å². The molecule has 1 unspecified atom stereocenters. The van der Waals surface area contributed by atoms with Crippen LogP contribution in [0, 0.1) is 0 Å². The highest BCUT2D eigenvalue weighted by molar-refractivity contribution is 7.98. The highest BCUT2D eigenvalue weighted by Gasteiger charge is 2.27. The molecule has 1 aromatic rings. The van der Waals surface area contributed by atoms with E-state index in [1.54, 1.807) is 17.1 Å². The van der Waals surface area contributed by atoms with E-state index in [9.17, 15) is 0 Å². The number of amidine groups is 1. The molecule has 0 spiro atoms. The maximum absolute atomic E-state index is 5.29. The summed E-state index contributed by atoms with van der Waals surface area (Å²) >= 11 is 7.06. The molecule has 48 heavy (non-hydrogen) atoms. The zero-order chi connectivity index (χ0) is 34.2. The Labute approximate surface area is 309 Å². The summed E-state index contributed by atoms with van der Waals surface area (Å²) in [6, 6.07) is 8.69. The molecule has 0 aliphatic carbocycles. The molecule has 276 valence electrons. The minimum atomic E-state index is -0.0227. The van der Waals surface area contributed by atoms with Crippen LogP contribution in [-0.4, -0.2) is 23.6 Å². The first-order chi connectivity index (χ1) is 23.8. The van der Waals surface area contributed by atoms with Gasteiger partial charge in [0.1, 0.15) is 12.0 Å². The highest BCUT2D eigenvalue weighted by Crippen LogP contribution is 2.27. The summed E-state index contributed by atoms with van der Waals surface area (Å²) in [4.78, 5) is 3.54. The first-order valence-corrected chi connectivity index (χ1v) is 22.7. The maximum atomic E-state index is 5.29. The van der Waals surface area contributed by atoms with E-state index in [0.717, 1.165) is 12.3 Å². The molecule has 0 amide bonds. The van der Waals surface area contributed by atoms with Gasteiger partial charge in [-0.2, -0.15) is 5.10 Å². The predicted octanol–water partition coefficient (Wildman–Crippen LogP) is 15.0. The Bertz CT molecular complexity index is 904. The van der Waals surface area contributed by atoms with Gasteiger partial charge in [0.25, 0.3) is 0 Å². The molecule has 2 rings (SSSR count). The summed E-state index contributed by atoms with van der Waals surface area (Å²) in [6.07, 6.45) is 47.8. The molecular weight excluding hydrogens is 623 g/mol. The van der Waals surface area contributed by atoms with Crippen molar-refractivity contribution in [3.05, 3.63) is 24.3 Å². The fourth-order valence-corrected chi connectivity index (χ4v) is 7.87. The van der Waals surface area contributed by atoms with E-state index in [0.29, 0.717) is 0 Å². The van der Waals surface area contributed by atoms with E-state index in [-0.39, 0.29) is 6.17 Å². The summed E-state index contributed by atoms with van der Waals surface area (Å²) < 4.78 is 0. The van der Waals surface area contributed by atoms with Crippen molar-refractivity contribution in [1.29, 1.82) is 0 Å². The molecule has 5 heteroatoms. The third-order valence-corrected chi connectivity index (χ3v) is 11.3. The van der Waals surface area contributed by atoms with Gasteiger partial charge in [-0.3, -0.25) is 5.43 Å². The molecule has 0 saturated heterocycles. The van der Waals surface area contributed by atoms with Crippen LogP contribution in [0.5, 0.6) is 0 Å². The van der Waals surface area contributed by atoms with Crippen LogP contribution in [-0.2, 0) is 0 Å². The van der Waals surface area contributed by atoms with E-state index >= 15 is 0 Å². The topological polar surface area (TPSA) is 27.6 Å². The normalized spacial score (nSPS) is 14.4. The van der Waals surface area contributed by atoms with E-state index in [1.165, 1.54) is 210 Å². The molecule has 0 bridgehead atoms. The Morgan fingerprint density at radius 1 is 0.604 bits per heavy atom. The third-order valence-electron chi connectivity index (χ3n) is 10.3. The Morgan fingerprint density at radius 2 is 0.979 bits per heavy atom. The van der Waals surface area contributed by atoms with Crippen LogP contribution >= 0.6 is 24.0 Å². The minimum Gasteiger partial charge on any atom is -0.302 e. The Kier molecular flexibility index (Phi) is 28.6. The van der Waals surface area contributed by atoms with E-state index in [2.05, 4.69) is 52.9 Å². The zero-order valence-corrected chi connectivity index (χ0v) is 33.4. The molecule has 0 saturated carbocycles. The monoisotopic (exact) mass is 700 g/mol. The minimum absolute atomic E-state index is 0.0227. The maximum Gasteiger partial charge on any atom is 0.150 e. The van der Waals surface area contributed by atoms with Crippen molar-refractivity contribution in [2.45, 2.75) is 223 Å². The number of hydrogen-bond donors (Lipinski definition) is 1. The number of nitrogens with zero attached hydrogens (tertiary/aromatic N) is 2. The van der Waals surface area contributed by atoms with Gasteiger partial charge in [-0.15, -0.1) is 11.8 Å². The van der Waals surface area contributed by atoms with Crippen molar-refractivity contribution in [2.24, 2.45) is 5.10 Å². The van der Waals surface area contributed by atoms with Crippen molar-refractivity contribution in [1.82, 2.24) is 5.43 Å². The first kappa shape index (κ1) is 43.1. The molecule has 1 aromatic carbocycles. The van der Waals surface area contributed by atoms with Crippen LogP contribution < -0.4 is 10.3 Å². The van der Waals surface area contributed by atoms with Crippen LogP contribution in [0.2, 0.25) is 0 Å². The number of thiocarbonyl (C=S) groups is 1. The molecule has 3 nitrogen and oxygen atoms in total. The van der Waals surface area contributed by atoms with Crippen LogP contribution in [0.1, 0.15) is 212 Å². The molecule has 0 radical (unpaired) electrons. The van der Waals surface area contributed by atoms with Gasteiger partial charge in [-0.25, -0.2) is 0 Å². The zero-order valence-electron chi connectivity index (χ0n) is 31.8. The number of rotatable bonds is 35. The quantitative estimate of drug-likeness (QED) is 0.0434. The number of hydrogen-bond acceptors (Lipinski definition) is 5. The van der Waals surface area contributed by atoms with Gasteiger partial charge in [0, 0.05) is 22.4 Å². The lowest BCUT2D eigenvalue weighted by Gasteiger charge is -2.25. The molecule has 0 fully saturated rings. The summed E-state index contributed by atoms with van der Waals surface area (Å²) in [5.74, 6) is 1.12. The smallest absolute Gasteiger partial charge is 0.150 e. The van der Waals surface area contributed by atoms with Crippen molar-refractivity contribution in [3.8, 4) is 0 Å². The number of benzene rings is 1. The second-order valence-corrected chi connectivity index (χ2v) is 15.8. The number of thioether (sulfide) groups is 1. The average molecular weight is 700 g/mol. The van der Waals surface area contributed by atoms with Crippen molar-refractivity contribution < 1.29 is 0 Å². The lowest BCUT2D eigenvalue weighted by atomic mass is 10.0. The fraction of sp³-hybridized carbons (Fsp3) is 0.814. The lowest BCUT2D eigenvalue weighted by molar-refractivity contribution is 0.512. The summed E-state index contributed by atoms with van der Waals surface area (Å²) in [7, 11) is 0. The largest absolute Gasteiger partial charge is 0.302 e. The Morgan fingerprint density at radius 3 is 1.33 bits per heavy atom. The number of nitrogens with one attached hydrogen (secondary N) is 1. The number of hydrazone groups is 1. The van der Waals surface area contributed by atoms with Gasteiger partial charge in [-0.05, 0) is 30.9 Å². The van der Waals surface area contributed by atoms with Gasteiger partial charge in [0.15, 0.2) is 0 Å².